The second-order valence-corrected chi connectivity index (χ2v) is 12.0. The maximum absolute atomic E-state index is 13.0. The van der Waals surface area contributed by atoms with Crippen molar-refractivity contribution in [2.24, 2.45) is 8.80 Å². The number of hydrogen-bond donors (Lipinski definition) is 0. The minimum atomic E-state index is -4.09. The van der Waals surface area contributed by atoms with E-state index >= 15 is 0 Å². The molecule has 0 N–H and O–H groups in total. The molecule has 2 atom stereocenters. The summed E-state index contributed by atoms with van der Waals surface area (Å²) in [4.78, 5) is 0.0268. The van der Waals surface area contributed by atoms with Crippen LogP contribution in [0, 0.1) is 13.8 Å². The van der Waals surface area contributed by atoms with E-state index in [0.29, 0.717) is 11.1 Å². The molecule has 0 aliphatic heterocycles. The van der Waals surface area contributed by atoms with Crippen LogP contribution >= 0.6 is 23.2 Å². The minimum absolute atomic E-state index is 0.0134. The van der Waals surface area contributed by atoms with Gasteiger partial charge < -0.3 is 0 Å². The van der Waals surface area contributed by atoms with Crippen LogP contribution in [0.2, 0.25) is 0 Å². The first kappa shape index (κ1) is 24.6. The zero-order valence-corrected chi connectivity index (χ0v) is 21.3. The Labute approximate surface area is 209 Å². The van der Waals surface area contributed by atoms with Gasteiger partial charge in [0.15, 0.2) is 0 Å². The van der Waals surface area contributed by atoms with E-state index < -0.39 is 30.8 Å². The number of rotatable bonds is 4. The van der Waals surface area contributed by atoms with Gasteiger partial charge in [-0.15, -0.1) is 23.2 Å². The molecular weight excluding hydrogens is 515 g/mol. The summed E-state index contributed by atoms with van der Waals surface area (Å²) in [5.41, 5.74) is 2.58. The predicted octanol–water partition coefficient (Wildman–Crippen LogP) is 4.89. The number of nitrogens with zero attached hydrogens (tertiary/aromatic N) is 2. The number of alkyl halides is 2. The Morgan fingerprint density at radius 2 is 0.912 bits per heavy atom. The van der Waals surface area contributed by atoms with Crippen LogP contribution < -0.4 is 0 Å². The van der Waals surface area contributed by atoms with Crippen LogP contribution in [0.1, 0.15) is 22.3 Å². The summed E-state index contributed by atoms with van der Waals surface area (Å²) in [6.45, 7) is 3.69. The Morgan fingerprint density at radius 1 is 0.588 bits per heavy atom. The van der Waals surface area contributed by atoms with Crippen molar-refractivity contribution >= 4 is 54.7 Å². The Balaban J connectivity index is 1.85. The fraction of sp³-hybridized carbons (Fsp3) is 0.167. The molecule has 0 spiro atoms. The Hall–Kier alpha value is -2.52. The molecule has 0 fully saturated rings. The number of fused-ring (bicyclic) bond motifs is 1. The molecule has 0 saturated heterocycles. The van der Waals surface area contributed by atoms with E-state index in [2.05, 4.69) is 8.80 Å². The highest BCUT2D eigenvalue weighted by molar-refractivity contribution is 7.90. The molecule has 0 aromatic heterocycles. The summed E-state index contributed by atoms with van der Waals surface area (Å²) in [5, 5.41) is -2.27. The van der Waals surface area contributed by atoms with E-state index in [1.807, 2.05) is 13.8 Å². The smallest absolute Gasteiger partial charge is 0.199 e. The van der Waals surface area contributed by atoms with E-state index in [1.165, 1.54) is 24.3 Å². The summed E-state index contributed by atoms with van der Waals surface area (Å²) >= 11 is 13.1. The van der Waals surface area contributed by atoms with Crippen LogP contribution in [-0.4, -0.2) is 39.0 Å². The van der Waals surface area contributed by atoms with Gasteiger partial charge in [-0.05, 0) is 38.1 Å². The van der Waals surface area contributed by atoms with Crippen molar-refractivity contribution in [3.8, 4) is 0 Å². The van der Waals surface area contributed by atoms with Crippen LogP contribution in [0.15, 0.2) is 91.4 Å². The lowest BCUT2D eigenvalue weighted by Gasteiger charge is -2.28. The zero-order chi connectivity index (χ0) is 24.7. The van der Waals surface area contributed by atoms with Crippen LogP contribution in [0.25, 0.3) is 0 Å². The summed E-state index contributed by atoms with van der Waals surface area (Å²) in [7, 11) is -8.18. The monoisotopic (exact) mass is 534 g/mol. The fourth-order valence-electron chi connectivity index (χ4n) is 3.49. The van der Waals surface area contributed by atoms with Gasteiger partial charge >= 0.3 is 0 Å². The van der Waals surface area contributed by atoms with Crippen molar-refractivity contribution in [2.75, 3.05) is 0 Å². The molecule has 0 heterocycles. The highest BCUT2D eigenvalue weighted by atomic mass is 35.5. The third-order valence-electron chi connectivity index (χ3n) is 5.33. The van der Waals surface area contributed by atoms with E-state index in [1.54, 1.807) is 48.5 Å². The molecule has 176 valence electrons. The predicted molar refractivity (Wildman–Crippen MR) is 136 cm³/mol. The van der Waals surface area contributed by atoms with Crippen molar-refractivity contribution in [1.82, 2.24) is 0 Å². The fourth-order valence-corrected chi connectivity index (χ4v) is 6.29. The Kier molecular flexibility index (Phi) is 6.70. The summed E-state index contributed by atoms with van der Waals surface area (Å²) < 4.78 is 59.9. The van der Waals surface area contributed by atoms with Gasteiger partial charge in [0.2, 0.25) is 0 Å². The molecule has 0 bridgehead atoms. The van der Waals surface area contributed by atoms with Gasteiger partial charge in [-0.2, -0.15) is 25.6 Å². The standard InChI is InChI=1S/C24H20Cl2N2O4S2/c1-15-7-11-17(12-8-15)33(29,30)27-23-19-5-3-4-6-20(19)24(22(26)21(23)25)28-34(31,32)18-13-9-16(2)10-14-18/h3-14,21-22H,1-2H3/t21-,22-/m1/s1. The molecule has 0 amide bonds. The normalized spacial score (nSPS) is 20.9. The van der Waals surface area contributed by atoms with E-state index in [0.717, 1.165) is 11.1 Å². The van der Waals surface area contributed by atoms with Gasteiger partial charge in [-0.3, -0.25) is 0 Å². The van der Waals surface area contributed by atoms with Gasteiger partial charge in [0.25, 0.3) is 20.0 Å². The topological polar surface area (TPSA) is 93.0 Å². The minimum Gasteiger partial charge on any atom is -0.199 e. The van der Waals surface area contributed by atoms with Crippen LogP contribution in [-0.2, 0) is 20.0 Å². The van der Waals surface area contributed by atoms with Crippen LogP contribution in [0.4, 0.5) is 0 Å². The summed E-state index contributed by atoms with van der Waals surface area (Å²) in [5.74, 6) is 0. The molecule has 1 aliphatic carbocycles. The van der Waals surface area contributed by atoms with Gasteiger partial charge in [0.1, 0.15) is 0 Å². The SMILES string of the molecule is Cc1ccc(S(=O)(=O)N=C2c3ccccc3C(=NS(=O)(=O)c3ccc(C)cc3)[C@H](Cl)[C@H]2Cl)cc1. The van der Waals surface area contributed by atoms with E-state index in [-0.39, 0.29) is 21.2 Å². The molecule has 3 aromatic carbocycles. The molecular formula is C24H20Cl2N2O4S2. The lowest BCUT2D eigenvalue weighted by Crippen LogP contribution is -2.40. The lowest BCUT2D eigenvalue weighted by molar-refractivity contribution is 0.596. The molecule has 34 heavy (non-hydrogen) atoms. The van der Waals surface area contributed by atoms with Crippen molar-refractivity contribution in [2.45, 2.75) is 34.4 Å². The van der Waals surface area contributed by atoms with Gasteiger partial charge in [-0.1, -0.05) is 59.7 Å². The number of aryl methyl sites for hydroxylation is 2. The van der Waals surface area contributed by atoms with E-state index in [4.69, 9.17) is 23.2 Å². The largest absolute Gasteiger partial charge is 0.282 e. The maximum atomic E-state index is 13.0. The average molecular weight is 535 g/mol. The first-order valence-corrected chi connectivity index (χ1v) is 14.0. The maximum Gasteiger partial charge on any atom is 0.282 e. The molecule has 0 radical (unpaired) electrons. The Morgan fingerprint density at radius 3 is 1.24 bits per heavy atom. The molecule has 0 saturated carbocycles. The van der Waals surface area contributed by atoms with Crippen LogP contribution in [0.3, 0.4) is 0 Å². The van der Waals surface area contributed by atoms with Gasteiger partial charge in [-0.25, -0.2) is 0 Å². The number of hydrogen-bond acceptors (Lipinski definition) is 4. The van der Waals surface area contributed by atoms with E-state index in [9.17, 15) is 16.8 Å². The second-order valence-electron chi connectivity index (χ2n) is 7.88. The highest BCUT2D eigenvalue weighted by Crippen LogP contribution is 2.32. The van der Waals surface area contributed by atoms with Crippen molar-refractivity contribution in [3.05, 3.63) is 95.1 Å². The summed E-state index contributed by atoms with van der Waals surface area (Å²) in [6.07, 6.45) is 0. The average Bonchev–Trinajstić information content (AvgIpc) is 2.80. The molecule has 3 aromatic rings. The molecule has 0 unspecified atom stereocenters. The highest BCUT2D eigenvalue weighted by Gasteiger charge is 2.38. The second kappa shape index (κ2) is 9.26. The van der Waals surface area contributed by atoms with Crippen molar-refractivity contribution < 1.29 is 16.8 Å². The lowest BCUT2D eigenvalue weighted by atomic mass is 9.88. The first-order valence-electron chi connectivity index (χ1n) is 10.2. The van der Waals surface area contributed by atoms with Crippen molar-refractivity contribution in [1.29, 1.82) is 0 Å². The van der Waals surface area contributed by atoms with Crippen molar-refractivity contribution in [3.63, 3.8) is 0 Å². The van der Waals surface area contributed by atoms with Crippen LogP contribution in [0.5, 0.6) is 0 Å². The molecule has 1 aliphatic rings. The third-order valence-corrected chi connectivity index (χ3v) is 8.99. The number of benzene rings is 3. The quantitative estimate of drug-likeness (QED) is 0.445. The van der Waals surface area contributed by atoms with Gasteiger partial charge in [0.05, 0.1) is 32.0 Å². The summed E-state index contributed by atoms with van der Waals surface area (Å²) in [6, 6.07) is 19.1. The first-order chi connectivity index (χ1) is 16.0. The molecule has 6 nitrogen and oxygen atoms in total. The number of halogens is 2. The zero-order valence-electron chi connectivity index (χ0n) is 18.2. The number of sulfonamides is 2. The van der Waals surface area contributed by atoms with Gasteiger partial charge in [0, 0.05) is 11.1 Å². The molecule has 4 rings (SSSR count). The third kappa shape index (κ3) is 4.81. The molecule has 10 heteroatoms. The Bertz CT molecular complexity index is 1400.